The number of nitrogens with zero attached hydrogens (tertiary/aromatic N) is 2. The molecule has 0 saturated heterocycles. The van der Waals surface area contributed by atoms with Gasteiger partial charge in [-0.25, -0.2) is 9.97 Å². The highest BCUT2D eigenvalue weighted by atomic mass is 35.5. The summed E-state index contributed by atoms with van der Waals surface area (Å²) in [6.07, 6.45) is 1.66. The Labute approximate surface area is 103 Å². The van der Waals surface area contributed by atoms with Gasteiger partial charge >= 0.3 is 0 Å². The van der Waals surface area contributed by atoms with Crippen LogP contribution in [-0.2, 0) is 5.75 Å². The summed E-state index contributed by atoms with van der Waals surface area (Å²) in [5, 5.41) is 0.735. The van der Waals surface area contributed by atoms with E-state index in [-0.39, 0.29) is 0 Å². The summed E-state index contributed by atoms with van der Waals surface area (Å²) in [6, 6.07) is 9.36. The van der Waals surface area contributed by atoms with Gasteiger partial charge in [-0.3, -0.25) is 0 Å². The highest BCUT2D eigenvalue weighted by Gasteiger charge is 2.00. The molecule has 16 heavy (non-hydrogen) atoms. The molecule has 5 heteroatoms. The average Bonchev–Trinajstić information content (AvgIpc) is 2.27. The molecule has 0 atom stereocenters. The number of thioether (sulfide) groups is 1. The van der Waals surface area contributed by atoms with Crippen LogP contribution in [0.3, 0.4) is 0 Å². The predicted molar refractivity (Wildman–Crippen MR) is 67.5 cm³/mol. The van der Waals surface area contributed by atoms with E-state index in [1.165, 1.54) is 0 Å². The van der Waals surface area contributed by atoms with Crippen LogP contribution in [-0.4, -0.2) is 9.97 Å². The number of aromatic nitrogens is 2. The minimum atomic E-state index is 0.497. The zero-order valence-corrected chi connectivity index (χ0v) is 10.0. The fourth-order valence-electron chi connectivity index (χ4n) is 1.19. The molecule has 0 bridgehead atoms. The maximum absolute atomic E-state index is 5.89. The lowest BCUT2D eigenvalue weighted by Crippen LogP contribution is -1.96. The van der Waals surface area contributed by atoms with Crippen molar-refractivity contribution in [2.75, 3.05) is 5.73 Å². The summed E-state index contributed by atoms with van der Waals surface area (Å²) in [7, 11) is 0. The number of hydrogen-bond acceptors (Lipinski definition) is 4. The van der Waals surface area contributed by atoms with Gasteiger partial charge in [0.15, 0.2) is 0 Å². The number of nitrogens with two attached hydrogens (primary N) is 1. The van der Waals surface area contributed by atoms with Crippen molar-refractivity contribution in [1.29, 1.82) is 0 Å². The van der Waals surface area contributed by atoms with Crippen molar-refractivity contribution in [3.8, 4) is 0 Å². The molecular weight excluding hydrogens is 242 g/mol. The minimum Gasteiger partial charge on any atom is -0.384 e. The Morgan fingerprint density at radius 2 is 2.19 bits per heavy atom. The SMILES string of the molecule is Nc1ccnc(CSc2cccc(Cl)c2)n1. The molecule has 3 nitrogen and oxygen atoms in total. The maximum atomic E-state index is 5.89. The summed E-state index contributed by atoms with van der Waals surface area (Å²) in [6.45, 7) is 0. The lowest BCUT2D eigenvalue weighted by Gasteiger charge is -2.01. The number of nitrogen functional groups attached to an aromatic ring is 1. The molecule has 82 valence electrons. The van der Waals surface area contributed by atoms with Gasteiger partial charge in [-0.15, -0.1) is 11.8 Å². The van der Waals surface area contributed by atoms with Gasteiger partial charge in [-0.2, -0.15) is 0 Å². The standard InChI is InChI=1S/C11H10ClN3S/c12-8-2-1-3-9(6-8)16-7-11-14-5-4-10(13)15-11/h1-6H,7H2,(H2,13,14,15). The van der Waals surface area contributed by atoms with Crippen LogP contribution >= 0.6 is 23.4 Å². The first-order valence-corrected chi connectivity index (χ1v) is 6.06. The Kier molecular flexibility index (Phi) is 3.64. The van der Waals surface area contributed by atoms with Crippen LogP contribution in [0.2, 0.25) is 5.02 Å². The number of anilines is 1. The highest BCUT2D eigenvalue weighted by molar-refractivity contribution is 7.98. The molecular formula is C11H10ClN3S. The third-order valence-electron chi connectivity index (χ3n) is 1.89. The number of benzene rings is 1. The first-order chi connectivity index (χ1) is 7.74. The molecule has 2 rings (SSSR count). The van der Waals surface area contributed by atoms with E-state index in [1.807, 2.05) is 24.3 Å². The molecule has 1 aromatic carbocycles. The fourth-order valence-corrected chi connectivity index (χ4v) is 2.26. The first kappa shape index (κ1) is 11.2. The third-order valence-corrected chi connectivity index (χ3v) is 3.12. The summed E-state index contributed by atoms with van der Waals surface area (Å²) in [5.74, 6) is 1.91. The Morgan fingerprint density at radius 3 is 2.94 bits per heavy atom. The topological polar surface area (TPSA) is 51.8 Å². The number of rotatable bonds is 3. The second kappa shape index (κ2) is 5.18. The molecule has 2 N–H and O–H groups in total. The van der Waals surface area contributed by atoms with Gasteiger partial charge in [-0.1, -0.05) is 17.7 Å². The monoisotopic (exact) mass is 251 g/mol. The minimum absolute atomic E-state index is 0.497. The Balaban J connectivity index is 2.02. The van der Waals surface area contributed by atoms with E-state index >= 15 is 0 Å². The zero-order chi connectivity index (χ0) is 11.4. The van der Waals surface area contributed by atoms with Crippen molar-refractivity contribution in [3.63, 3.8) is 0 Å². The number of hydrogen-bond donors (Lipinski definition) is 1. The van der Waals surface area contributed by atoms with Gasteiger partial charge < -0.3 is 5.73 Å². The van der Waals surface area contributed by atoms with Gasteiger partial charge in [0.2, 0.25) is 0 Å². The molecule has 0 aliphatic rings. The molecule has 0 aliphatic carbocycles. The largest absolute Gasteiger partial charge is 0.384 e. The quantitative estimate of drug-likeness (QED) is 0.852. The second-order valence-electron chi connectivity index (χ2n) is 3.14. The molecule has 2 aromatic rings. The molecule has 1 aromatic heterocycles. The van der Waals surface area contributed by atoms with E-state index < -0.39 is 0 Å². The second-order valence-corrected chi connectivity index (χ2v) is 4.63. The van der Waals surface area contributed by atoms with Crippen molar-refractivity contribution >= 4 is 29.2 Å². The summed E-state index contributed by atoms with van der Waals surface area (Å²) in [5.41, 5.74) is 5.57. The van der Waals surface area contributed by atoms with Crippen molar-refractivity contribution in [3.05, 3.63) is 47.4 Å². The lowest BCUT2D eigenvalue weighted by atomic mass is 10.4. The van der Waals surface area contributed by atoms with Crippen LogP contribution in [0, 0.1) is 0 Å². The van der Waals surface area contributed by atoms with Gasteiger partial charge in [0.1, 0.15) is 11.6 Å². The smallest absolute Gasteiger partial charge is 0.140 e. The summed E-state index contributed by atoms with van der Waals surface area (Å²) < 4.78 is 0. The van der Waals surface area contributed by atoms with Crippen molar-refractivity contribution < 1.29 is 0 Å². The van der Waals surface area contributed by atoms with Crippen LogP contribution < -0.4 is 5.73 Å². The summed E-state index contributed by atoms with van der Waals surface area (Å²) >= 11 is 7.52. The number of halogens is 1. The predicted octanol–water partition coefficient (Wildman–Crippen LogP) is 3.00. The van der Waals surface area contributed by atoms with Crippen molar-refractivity contribution in [1.82, 2.24) is 9.97 Å². The molecule has 0 fully saturated rings. The van der Waals surface area contributed by atoms with Crippen LogP contribution in [0.1, 0.15) is 5.82 Å². The Hall–Kier alpha value is -1.26. The first-order valence-electron chi connectivity index (χ1n) is 4.70. The molecule has 0 radical (unpaired) electrons. The van der Waals surface area contributed by atoms with E-state index in [9.17, 15) is 0 Å². The normalized spacial score (nSPS) is 10.3. The maximum Gasteiger partial charge on any atom is 0.140 e. The van der Waals surface area contributed by atoms with Crippen molar-refractivity contribution in [2.24, 2.45) is 0 Å². The van der Waals surface area contributed by atoms with Crippen LogP contribution in [0.5, 0.6) is 0 Å². The van der Waals surface area contributed by atoms with Crippen LogP contribution in [0.4, 0.5) is 5.82 Å². The van der Waals surface area contributed by atoms with Gasteiger partial charge in [0.05, 0.1) is 5.75 Å². The summed E-state index contributed by atoms with van der Waals surface area (Å²) in [4.78, 5) is 9.35. The molecule has 0 aliphatic heterocycles. The fraction of sp³-hybridized carbons (Fsp3) is 0.0909. The third kappa shape index (κ3) is 3.12. The highest BCUT2D eigenvalue weighted by Crippen LogP contribution is 2.23. The van der Waals surface area contributed by atoms with E-state index in [4.69, 9.17) is 17.3 Å². The molecule has 0 amide bonds. The molecule has 0 saturated carbocycles. The van der Waals surface area contributed by atoms with Gasteiger partial charge in [0, 0.05) is 16.1 Å². The molecule has 0 spiro atoms. The Bertz CT molecular complexity index is 445. The lowest BCUT2D eigenvalue weighted by molar-refractivity contribution is 1.04. The molecule has 0 unspecified atom stereocenters. The van der Waals surface area contributed by atoms with Crippen LogP contribution in [0.25, 0.3) is 0 Å². The zero-order valence-electron chi connectivity index (χ0n) is 8.43. The average molecular weight is 252 g/mol. The van der Waals surface area contributed by atoms with E-state index in [0.717, 1.165) is 15.7 Å². The van der Waals surface area contributed by atoms with Crippen LogP contribution in [0.15, 0.2) is 41.4 Å². The molecule has 1 heterocycles. The van der Waals surface area contributed by atoms with E-state index in [1.54, 1.807) is 24.0 Å². The van der Waals surface area contributed by atoms with Gasteiger partial charge in [0.25, 0.3) is 0 Å². The Morgan fingerprint density at radius 1 is 1.31 bits per heavy atom. The van der Waals surface area contributed by atoms with Gasteiger partial charge in [-0.05, 0) is 24.3 Å². The van der Waals surface area contributed by atoms with E-state index in [2.05, 4.69) is 9.97 Å². The van der Waals surface area contributed by atoms with Crippen molar-refractivity contribution in [2.45, 2.75) is 10.6 Å². The van der Waals surface area contributed by atoms with E-state index in [0.29, 0.717) is 11.6 Å².